The van der Waals surface area contributed by atoms with Gasteiger partial charge >= 0.3 is 0 Å². The van der Waals surface area contributed by atoms with Crippen molar-refractivity contribution in [3.8, 4) is 0 Å². The molecule has 0 spiro atoms. The molecule has 0 radical (unpaired) electrons. The maximum absolute atomic E-state index is 11.9. The van der Waals surface area contributed by atoms with Crippen LogP contribution < -0.4 is 16.0 Å². The van der Waals surface area contributed by atoms with Crippen molar-refractivity contribution < 1.29 is 14.5 Å². The molecule has 0 heterocycles. The second-order valence-electron chi connectivity index (χ2n) is 4.91. The van der Waals surface area contributed by atoms with E-state index in [1.807, 2.05) is 0 Å². The lowest BCUT2D eigenvalue weighted by Gasteiger charge is -2.17. The van der Waals surface area contributed by atoms with Gasteiger partial charge in [0.25, 0.3) is 11.6 Å². The third kappa shape index (κ3) is 4.44. The fourth-order valence-electron chi connectivity index (χ4n) is 1.80. The zero-order valence-corrected chi connectivity index (χ0v) is 12.1. The maximum Gasteiger partial charge on any atom is 0.293 e. The number of benzene rings is 1. The minimum atomic E-state index is -0.603. The Bertz CT molecular complexity index is 571. The van der Waals surface area contributed by atoms with E-state index in [1.54, 1.807) is 13.8 Å². The first-order chi connectivity index (χ1) is 9.72. The summed E-state index contributed by atoms with van der Waals surface area (Å²) in [6.45, 7) is 3.43. The molecule has 1 rings (SSSR count). The van der Waals surface area contributed by atoms with Gasteiger partial charge < -0.3 is 16.0 Å². The van der Waals surface area contributed by atoms with Gasteiger partial charge in [0.05, 0.1) is 11.5 Å². The number of hydrogen-bond acceptors (Lipinski definition) is 5. The monoisotopic (exact) mass is 294 g/mol. The Kier molecular flexibility index (Phi) is 5.23. The van der Waals surface area contributed by atoms with Crippen LogP contribution in [0.3, 0.4) is 0 Å². The standard InChI is InChI=1S/C13H18N4O4/c1-8(2)15-13(19)9-4-5-10(11(6-9)17(20)21)16(3)7-12(14)18/h4-6,8H,7H2,1-3H3,(H2,14,18)(H,15,19). The molecule has 0 atom stereocenters. The lowest BCUT2D eigenvalue weighted by molar-refractivity contribution is -0.384. The molecule has 0 aliphatic rings. The number of likely N-dealkylation sites (N-methyl/N-ethyl adjacent to an activating group) is 1. The molecule has 0 saturated carbocycles. The maximum atomic E-state index is 11.9. The van der Waals surface area contributed by atoms with Crippen molar-refractivity contribution in [2.45, 2.75) is 19.9 Å². The SMILES string of the molecule is CC(C)NC(=O)c1ccc(N(C)CC(N)=O)c([N+](=O)[O-])c1. The summed E-state index contributed by atoms with van der Waals surface area (Å²) in [7, 11) is 1.51. The number of primary amides is 1. The van der Waals surface area contributed by atoms with E-state index < -0.39 is 16.7 Å². The molecule has 0 fully saturated rings. The number of hydrogen-bond donors (Lipinski definition) is 2. The van der Waals surface area contributed by atoms with Crippen LogP contribution in [-0.2, 0) is 4.79 Å². The normalized spacial score (nSPS) is 10.3. The molecule has 114 valence electrons. The Morgan fingerprint density at radius 1 is 1.43 bits per heavy atom. The molecule has 0 unspecified atom stereocenters. The van der Waals surface area contributed by atoms with Crippen molar-refractivity contribution in [3.05, 3.63) is 33.9 Å². The molecule has 0 aliphatic carbocycles. The number of nitrogens with zero attached hydrogens (tertiary/aromatic N) is 2. The van der Waals surface area contributed by atoms with Gasteiger partial charge in [0.15, 0.2) is 0 Å². The van der Waals surface area contributed by atoms with Crippen LogP contribution in [0.25, 0.3) is 0 Å². The number of nitrogens with one attached hydrogen (secondary N) is 1. The summed E-state index contributed by atoms with van der Waals surface area (Å²) in [5, 5.41) is 13.8. The van der Waals surface area contributed by atoms with Crippen LogP contribution in [0.5, 0.6) is 0 Å². The summed E-state index contributed by atoms with van der Waals surface area (Å²) in [4.78, 5) is 34.7. The number of nitro groups is 1. The van der Waals surface area contributed by atoms with E-state index in [-0.39, 0.29) is 29.5 Å². The lowest BCUT2D eigenvalue weighted by Crippen LogP contribution is -2.31. The second-order valence-corrected chi connectivity index (χ2v) is 4.91. The summed E-state index contributed by atoms with van der Waals surface area (Å²) in [6.07, 6.45) is 0. The van der Waals surface area contributed by atoms with Gasteiger partial charge in [0, 0.05) is 24.7 Å². The van der Waals surface area contributed by atoms with Gasteiger partial charge in [0.2, 0.25) is 5.91 Å². The van der Waals surface area contributed by atoms with Crippen LogP contribution in [0.2, 0.25) is 0 Å². The van der Waals surface area contributed by atoms with Crippen LogP contribution in [0, 0.1) is 10.1 Å². The fraction of sp³-hybridized carbons (Fsp3) is 0.385. The van der Waals surface area contributed by atoms with E-state index in [2.05, 4.69) is 5.32 Å². The molecular formula is C13H18N4O4. The lowest BCUT2D eigenvalue weighted by atomic mass is 10.1. The minimum Gasteiger partial charge on any atom is -0.368 e. The van der Waals surface area contributed by atoms with E-state index in [0.717, 1.165) is 0 Å². The van der Waals surface area contributed by atoms with Gasteiger partial charge in [-0.05, 0) is 26.0 Å². The first-order valence-corrected chi connectivity index (χ1v) is 6.31. The molecule has 0 aromatic heterocycles. The van der Waals surface area contributed by atoms with Crippen molar-refractivity contribution in [1.82, 2.24) is 5.32 Å². The largest absolute Gasteiger partial charge is 0.368 e. The van der Waals surface area contributed by atoms with Crippen molar-refractivity contribution >= 4 is 23.2 Å². The van der Waals surface area contributed by atoms with Gasteiger partial charge in [-0.1, -0.05) is 0 Å². The summed E-state index contributed by atoms with van der Waals surface area (Å²) in [6, 6.07) is 4.01. The average molecular weight is 294 g/mol. The zero-order valence-electron chi connectivity index (χ0n) is 12.1. The zero-order chi connectivity index (χ0) is 16.2. The highest BCUT2D eigenvalue weighted by molar-refractivity contribution is 5.96. The molecule has 3 N–H and O–H groups in total. The Hall–Kier alpha value is -2.64. The van der Waals surface area contributed by atoms with E-state index in [1.165, 1.54) is 30.1 Å². The van der Waals surface area contributed by atoms with Crippen molar-refractivity contribution in [2.24, 2.45) is 5.73 Å². The van der Waals surface area contributed by atoms with Gasteiger partial charge in [-0.25, -0.2) is 0 Å². The first-order valence-electron chi connectivity index (χ1n) is 6.31. The molecule has 0 saturated heterocycles. The summed E-state index contributed by atoms with van der Waals surface area (Å²) < 4.78 is 0. The third-order valence-corrected chi connectivity index (χ3v) is 2.66. The van der Waals surface area contributed by atoms with Gasteiger partial charge in [-0.2, -0.15) is 0 Å². The number of nitro benzene ring substituents is 1. The van der Waals surface area contributed by atoms with Crippen molar-refractivity contribution in [2.75, 3.05) is 18.5 Å². The Balaban J connectivity index is 3.16. The van der Waals surface area contributed by atoms with Crippen LogP contribution in [0.4, 0.5) is 11.4 Å². The summed E-state index contributed by atoms with van der Waals surface area (Å²) in [5.74, 6) is -0.995. The minimum absolute atomic E-state index is 0.0752. The topological polar surface area (TPSA) is 119 Å². The molecular weight excluding hydrogens is 276 g/mol. The summed E-state index contributed by atoms with van der Waals surface area (Å²) >= 11 is 0. The Labute approximate surface area is 122 Å². The number of carbonyl (C=O) groups is 2. The molecule has 1 aromatic rings. The molecule has 2 amide bonds. The number of amides is 2. The van der Waals surface area contributed by atoms with E-state index in [0.29, 0.717) is 0 Å². The van der Waals surface area contributed by atoms with E-state index in [9.17, 15) is 19.7 Å². The predicted octanol–water partition coefficient (Wildman–Crippen LogP) is 0.655. The molecule has 21 heavy (non-hydrogen) atoms. The predicted molar refractivity (Wildman–Crippen MR) is 78.2 cm³/mol. The second kappa shape index (κ2) is 6.69. The average Bonchev–Trinajstić information content (AvgIpc) is 2.36. The number of nitrogens with two attached hydrogens (primary N) is 1. The molecule has 1 aromatic carbocycles. The number of anilines is 1. The smallest absolute Gasteiger partial charge is 0.293 e. The van der Waals surface area contributed by atoms with Crippen LogP contribution in [0.1, 0.15) is 24.2 Å². The summed E-state index contributed by atoms with van der Waals surface area (Å²) in [5.41, 5.74) is 5.23. The van der Waals surface area contributed by atoms with E-state index in [4.69, 9.17) is 5.73 Å². The molecule has 8 heteroatoms. The first kappa shape index (κ1) is 16.4. The van der Waals surface area contributed by atoms with Crippen molar-refractivity contribution in [3.63, 3.8) is 0 Å². The quantitative estimate of drug-likeness (QED) is 0.590. The van der Waals surface area contributed by atoms with Crippen molar-refractivity contribution in [1.29, 1.82) is 0 Å². The molecule has 0 bridgehead atoms. The van der Waals surface area contributed by atoms with Gasteiger partial charge in [-0.15, -0.1) is 0 Å². The number of rotatable bonds is 6. The van der Waals surface area contributed by atoms with Gasteiger partial charge in [0.1, 0.15) is 5.69 Å². The molecule has 0 aliphatic heterocycles. The Morgan fingerprint density at radius 2 is 2.05 bits per heavy atom. The highest BCUT2D eigenvalue weighted by Gasteiger charge is 2.21. The van der Waals surface area contributed by atoms with E-state index >= 15 is 0 Å². The number of carbonyl (C=O) groups excluding carboxylic acids is 2. The van der Waals surface area contributed by atoms with Gasteiger partial charge in [-0.3, -0.25) is 19.7 Å². The third-order valence-electron chi connectivity index (χ3n) is 2.66. The molecule has 8 nitrogen and oxygen atoms in total. The fourth-order valence-corrected chi connectivity index (χ4v) is 1.80. The van der Waals surface area contributed by atoms with Crippen LogP contribution in [-0.4, -0.2) is 36.4 Å². The highest BCUT2D eigenvalue weighted by atomic mass is 16.6. The Morgan fingerprint density at radius 3 is 2.52 bits per heavy atom. The van der Waals surface area contributed by atoms with Crippen LogP contribution in [0.15, 0.2) is 18.2 Å². The van der Waals surface area contributed by atoms with Crippen LogP contribution >= 0.6 is 0 Å². The highest BCUT2D eigenvalue weighted by Crippen LogP contribution is 2.28.